The number of carbonyl (C=O) groups is 2. The molecule has 1 fully saturated rings. The minimum Gasteiger partial charge on any atom is -0.475 e. The molecule has 1 saturated heterocycles. The number of aliphatic carboxylic acids is 1. The first-order valence-corrected chi connectivity index (χ1v) is 9.66. The van der Waals surface area contributed by atoms with E-state index in [2.05, 4.69) is 15.8 Å². The van der Waals surface area contributed by atoms with Crippen molar-refractivity contribution in [2.75, 3.05) is 18.4 Å². The average molecular weight is 468 g/mol. The molecule has 0 saturated carbocycles. The summed E-state index contributed by atoms with van der Waals surface area (Å²) in [4.78, 5) is 21.2. The number of hydrogen-bond acceptors (Lipinski definition) is 5. The lowest BCUT2D eigenvalue weighted by Crippen LogP contribution is -2.40. The van der Waals surface area contributed by atoms with Gasteiger partial charge >= 0.3 is 12.1 Å². The van der Waals surface area contributed by atoms with Crippen LogP contribution in [0.3, 0.4) is 0 Å². The number of hydrogen-bond donors (Lipinski definition) is 3. The van der Waals surface area contributed by atoms with Crippen molar-refractivity contribution in [2.24, 2.45) is 0 Å². The number of carboxylic acid groups (broad SMARTS) is 1. The van der Waals surface area contributed by atoms with Gasteiger partial charge < -0.3 is 20.3 Å². The number of aromatic nitrogens is 1. The molecule has 7 nitrogen and oxygen atoms in total. The highest BCUT2D eigenvalue weighted by Crippen LogP contribution is 2.29. The molecular weight excluding hydrogens is 451 g/mol. The fourth-order valence-electron chi connectivity index (χ4n) is 2.70. The first-order valence-electron chi connectivity index (χ1n) is 9.29. The maximum atomic E-state index is 12.3. The van der Waals surface area contributed by atoms with Crippen molar-refractivity contribution in [3.05, 3.63) is 71.1 Å². The Bertz CT molecular complexity index is 1100. The molecule has 0 unspecified atom stereocenters. The second kappa shape index (κ2) is 9.84. The highest BCUT2D eigenvalue weighted by molar-refractivity contribution is 6.34. The van der Waals surface area contributed by atoms with Crippen molar-refractivity contribution in [2.45, 2.75) is 12.1 Å². The summed E-state index contributed by atoms with van der Waals surface area (Å²) in [6.45, 7) is 1.72. The molecule has 1 amide bonds. The molecule has 1 aliphatic heterocycles. The van der Waals surface area contributed by atoms with Gasteiger partial charge in [-0.3, -0.25) is 4.79 Å². The van der Waals surface area contributed by atoms with Gasteiger partial charge in [0.25, 0.3) is 5.91 Å². The number of nitrogens with zero attached hydrogens (tertiary/aromatic N) is 1. The number of alkyl halides is 3. The highest BCUT2D eigenvalue weighted by atomic mass is 35.5. The number of carbonyl (C=O) groups excluding carboxylic acids is 1. The third-order valence-electron chi connectivity index (χ3n) is 4.52. The second-order valence-electron chi connectivity index (χ2n) is 6.79. The van der Waals surface area contributed by atoms with Gasteiger partial charge in [0.1, 0.15) is 0 Å². The van der Waals surface area contributed by atoms with Crippen LogP contribution >= 0.6 is 11.6 Å². The van der Waals surface area contributed by atoms with Gasteiger partial charge in [0.2, 0.25) is 5.76 Å². The molecule has 11 heteroatoms. The van der Waals surface area contributed by atoms with Crippen LogP contribution in [0.2, 0.25) is 5.02 Å². The third kappa shape index (κ3) is 5.86. The zero-order valence-corrected chi connectivity index (χ0v) is 17.1. The van der Waals surface area contributed by atoms with E-state index in [4.69, 9.17) is 26.0 Å². The largest absolute Gasteiger partial charge is 0.490 e. The summed E-state index contributed by atoms with van der Waals surface area (Å²) >= 11 is 6.33. The fourth-order valence-corrected chi connectivity index (χ4v) is 2.92. The van der Waals surface area contributed by atoms with Crippen LogP contribution < -0.4 is 10.6 Å². The zero-order valence-electron chi connectivity index (χ0n) is 16.3. The maximum absolute atomic E-state index is 12.3. The molecule has 4 rings (SSSR count). The minimum absolute atomic E-state index is 0.185. The summed E-state index contributed by atoms with van der Waals surface area (Å²) in [5.41, 5.74) is 3.39. The number of nitrogens with one attached hydrogen (secondary N) is 2. The Hall–Kier alpha value is -3.37. The van der Waals surface area contributed by atoms with Crippen LogP contribution in [0.4, 0.5) is 18.9 Å². The topological polar surface area (TPSA) is 104 Å². The molecule has 1 aliphatic rings. The molecule has 3 N–H and O–H groups in total. The van der Waals surface area contributed by atoms with Crippen molar-refractivity contribution in [1.29, 1.82) is 0 Å². The molecule has 0 bridgehead atoms. The Kier molecular flexibility index (Phi) is 7.16. The van der Waals surface area contributed by atoms with Gasteiger partial charge in [0.05, 0.1) is 16.4 Å². The van der Waals surface area contributed by atoms with E-state index in [1.165, 1.54) is 0 Å². The van der Waals surface area contributed by atoms with Crippen molar-refractivity contribution >= 4 is 29.2 Å². The monoisotopic (exact) mass is 467 g/mol. The van der Waals surface area contributed by atoms with Crippen molar-refractivity contribution in [3.63, 3.8) is 0 Å². The van der Waals surface area contributed by atoms with Crippen LogP contribution in [-0.2, 0) is 4.79 Å². The third-order valence-corrected chi connectivity index (χ3v) is 4.83. The Morgan fingerprint density at radius 1 is 1.09 bits per heavy atom. The molecule has 2 heterocycles. The first kappa shape index (κ1) is 23.3. The molecule has 168 valence electrons. The van der Waals surface area contributed by atoms with E-state index >= 15 is 0 Å². The normalized spacial score (nSPS) is 13.5. The summed E-state index contributed by atoms with van der Waals surface area (Å²) < 4.78 is 36.9. The second-order valence-corrected chi connectivity index (χ2v) is 7.20. The van der Waals surface area contributed by atoms with E-state index in [9.17, 15) is 18.0 Å². The summed E-state index contributed by atoms with van der Waals surface area (Å²) in [7, 11) is 0. The summed E-state index contributed by atoms with van der Waals surface area (Å²) in [6.07, 6.45) is -5.08. The van der Waals surface area contributed by atoms with E-state index in [0.717, 1.165) is 29.9 Å². The number of carboxylic acids is 1. The highest BCUT2D eigenvalue weighted by Gasteiger charge is 2.38. The standard InChI is InChI=1S/C19H16ClN3O2.C2HF3O2/c20-15-8-13(12-4-2-1-3-5-12)6-7-16(15)22-19(24)18-9-17(23-25-18)14-10-21-11-14;3-2(4,5)1(6)7/h1-9,14,21H,10-11H2,(H,22,24);(H,6,7). The lowest BCUT2D eigenvalue weighted by Gasteiger charge is -2.24. The molecule has 0 aliphatic carbocycles. The van der Waals surface area contributed by atoms with Gasteiger partial charge in [-0.05, 0) is 23.3 Å². The van der Waals surface area contributed by atoms with Crippen LogP contribution in [0.1, 0.15) is 22.2 Å². The van der Waals surface area contributed by atoms with E-state index in [1.54, 1.807) is 12.1 Å². The van der Waals surface area contributed by atoms with E-state index < -0.39 is 12.1 Å². The summed E-state index contributed by atoms with van der Waals surface area (Å²) in [5, 5.41) is 17.5. The van der Waals surface area contributed by atoms with Crippen LogP contribution in [0.5, 0.6) is 0 Å². The van der Waals surface area contributed by atoms with Crippen molar-refractivity contribution in [3.8, 4) is 11.1 Å². The summed E-state index contributed by atoms with van der Waals surface area (Å²) in [5.74, 6) is -2.61. The first-order chi connectivity index (χ1) is 15.1. The number of halogens is 4. The van der Waals surface area contributed by atoms with Gasteiger partial charge in [-0.15, -0.1) is 0 Å². The Morgan fingerprint density at radius 2 is 1.75 bits per heavy atom. The number of benzene rings is 2. The molecule has 32 heavy (non-hydrogen) atoms. The number of rotatable bonds is 4. The van der Waals surface area contributed by atoms with E-state index in [0.29, 0.717) is 16.6 Å². The fraction of sp³-hybridized carbons (Fsp3) is 0.190. The number of anilines is 1. The van der Waals surface area contributed by atoms with Gasteiger partial charge in [-0.2, -0.15) is 13.2 Å². The Balaban J connectivity index is 0.000000360. The van der Waals surface area contributed by atoms with E-state index in [1.807, 2.05) is 42.5 Å². The Labute approximate surface area is 185 Å². The maximum Gasteiger partial charge on any atom is 0.490 e. The molecule has 3 aromatic rings. The smallest absolute Gasteiger partial charge is 0.475 e. The zero-order chi connectivity index (χ0) is 23.3. The molecule has 0 atom stereocenters. The van der Waals surface area contributed by atoms with Gasteiger partial charge in [-0.1, -0.05) is 53.2 Å². The van der Waals surface area contributed by atoms with Crippen LogP contribution in [0.15, 0.2) is 59.1 Å². The SMILES string of the molecule is O=C(Nc1ccc(-c2ccccc2)cc1Cl)c1cc(C2CNC2)no1.O=C(O)C(F)(F)F. The van der Waals surface area contributed by atoms with Crippen LogP contribution in [-0.4, -0.2) is 41.4 Å². The predicted molar refractivity (Wildman–Crippen MR) is 111 cm³/mol. The summed E-state index contributed by atoms with van der Waals surface area (Å²) in [6, 6.07) is 17.1. The Morgan fingerprint density at radius 3 is 2.28 bits per heavy atom. The quantitative estimate of drug-likeness (QED) is 0.519. The molecule has 0 radical (unpaired) electrons. The molecular formula is C21H17ClF3N3O4. The predicted octanol–water partition coefficient (Wildman–Crippen LogP) is 4.57. The lowest BCUT2D eigenvalue weighted by molar-refractivity contribution is -0.192. The lowest BCUT2D eigenvalue weighted by atomic mass is 9.99. The average Bonchev–Trinajstić information content (AvgIpc) is 3.18. The van der Waals surface area contributed by atoms with Gasteiger partial charge in [-0.25, -0.2) is 4.79 Å². The molecule has 2 aromatic carbocycles. The van der Waals surface area contributed by atoms with Gasteiger partial charge in [0, 0.05) is 25.1 Å². The van der Waals surface area contributed by atoms with Crippen molar-refractivity contribution < 1.29 is 32.4 Å². The van der Waals surface area contributed by atoms with Crippen molar-refractivity contribution in [1.82, 2.24) is 10.5 Å². The van der Waals surface area contributed by atoms with Crippen LogP contribution in [0, 0.1) is 0 Å². The van der Waals surface area contributed by atoms with E-state index in [-0.39, 0.29) is 11.7 Å². The molecule has 1 aromatic heterocycles. The van der Waals surface area contributed by atoms with Crippen LogP contribution in [0.25, 0.3) is 11.1 Å². The minimum atomic E-state index is -5.08. The number of amides is 1. The van der Waals surface area contributed by atoms with Gasteiger partial charge in [0.15, 0.2) is 0 Å². The molecule has 0 spiro atoms.